The molecule has 2 aromatic rings. The summed E-state index contributed by atoms with van der Waals surface area (Å²) in [5.41, 5.74) is 3.17. The van der Waals surface area contributed by atoms with Crippen LogP contribution in [0.2, 0.25) is 0 Å². The molecule has 0 spiro atoms. The summed E-state index contributed by atoms with van der Waals surface area (Å²) in [4.78, 5) is 0. The fraction of sp³-hybridized carbons (Fsp3) is 0.133. The first kappa shape index (κ1) is 12.2. The van der Waals surface area contributed by atoms with E-state index in [-0.39, 0.29) is 0 Å². The Hall–Kier alpha value is -2.29. The number of hydrogen-bond acceptors (Lipinski definition) is 3. The van der Waals surface area contributed by atoms with E-state index in [1.165, 1.54) is 11.8 Å². The third-order valence-electron chi connectivity index (χ3n) is 2.59. The van der Waals surface area contributed by atoms with E-state index in [1.807, 2.05) is 36.4 Å². The molecular weight excluding hydrogens is 226 g/mol. The zero-order valence-electron chi connectivity index (χ0n) is 10.2. The molecule has 0 aliphatic carbocycles. The number of hydrogen-bond donors (Lipinski definition) is 1. The molecule has 0 amide bonds. The zero-order valence-corrected chi connectivity index (χ0v) is 10.2. The Morgan fingerprint density at radius 2 is 1.94 bits per heavy atom. The molecule has 3 nitrogen and oxygen atoms in total. The third-order valence-corrected chi connectivity index (χ3v) is 2.59. The standard InChI is InChI=1S/C15H15NO2/c1-12-5-7-13(8-6-12)11-18-15-4-2-3-14(9-15)10-16-17/h2-10,17H,11H2,1H3/b16-10-. The van der Waals surface area contributed by atoms with Crippen molar-refractivity contribution in [3.8, 4) is 5.75 Å². The van der Waals surface area contributed by atoms with Gasteiger partial charge in [-0.2, -0.15) is 0 Å². The smallest absolute Gasteiger partial charge is 0.120 e. The van der Waals surface area contributed by atoms with Gasteiger partial charge in [0.05, 0.1) is 6.21 Å². The Labute approximate surface area is 106 Å². The molecular formula is C15H15NO2. The molecule has 0 aromatic heterocycles. The van der Waals surface area contributed by atoms with Crippen LogP contribution in [-0.2, 0) is 6.61 Å². The fourth-order valence-electron chi connectivity index (χ4n) is 1.60. The van der Waals surface area contributed by atoms with E-state index < -0.39 is 0 Å². The molecule has 0 saturated carbocycles. The summed E-state index contributed by atoms with van der Waals surface area (Å²) in [6.07, 6.45) is 1.37. The van der Waals surface area contributed by atoms with Crippen LogP contribution in [0.1, 0.15) is 16.7 Å². The lowest BCUT2D eigenvalue weighted by Crippen LogP contribution is -1.95. The SMILES string of the molecule is Cc1ccc(COc2cccc(/C=N\O)c2)cc1. The molecule has 2 aromatic carbocycles. The van der Waals surface area contributed by atoms with Crippen LogP contribution in [0, 0.1) is 6.92 Å². The lowest BCUT2D eigenvalue weighted by molar-refractivity contribution is 0.306. The molecule has 0 aliphatic heterocycles. The number of benzene rings is 2. The normalized spacial score (nSPS) is 10.7. The van der Waals surface area contributed by atoms with Crippen molar-refractivity contribution in [2.45, 2.75) is 13.5 Å². The lowest BCUT2D eigenvalue weighted by atomic mass is 10.2. The molecule has 2 rings (SSSR count). The maximum Gasteiger partial charge on any atom is 0.120 e. The van der Waals surface area contributed by atoms with Crippen LogP contribution in [0.4, 0.5) is 0 Å². The Balaban J connectivity index is 2.01. The first-order chi connectivity index (χ1) is 8.78. The summed E-state index contributed by atoms with van der Waals surface area (Å²) < 4.78 is 5.68. The molecule has 0 saturated heterocycles. The van der Waals surface area contributed by atoms with Gasteiger partial charge in [-0.1, -0.05) is 47.1 Å². The second kappa shape index (κ2) is 5.87. The Morgan fingerprint density at radius 3 is 2.67 bits per heavy atom. The average molecular weight is 241 g/mol. The summed E-state index contributed by atoms with van der Waals surface area (Å²) in [6, 6.07) is 15.6. The van der Waals surface area contributed by atoms with Crippen molar-refractivity contribution in [3.63, 3.8) is 0 Å². The first-order valence-corrected chi connectivity index (χ1v) is 5.74. The van der Waals surface area contributed by atoms with Gasteiger partial charge in [0.25, 0.3) is 0 Å². The van der Waals surface area contributed by atoms with Crippen molar-refractivity contribution >= 4 is 6.21 Å². The number of aryl methyl sites for hydroxylation is 1. The van der Waals surface area contributed by atoms with E-state index in [9.17, 15) is 0 Å². The molecule has 3 heteroatoms. The molecule has 0 bridgehead atoms. The van der Waals surface area contributed by atoms with Gasteiger partial charge in [-0.3, -0.25) is 0 Å². The predicted molar refractivity (Wildman–Crippen MR) is 71.3 cm³/mol. The summed E-state index contributed by atoms with van der Waals surface area (Å²) >= 11 is 0. The minimum Gasteiger partial charge on any atom is -0.489 e. The van der Waals surface area contributed by atoms with Crippen LogP contribution in [0.25, 0.3) is 0 Å². The Bertz CT molecular complexity index is 532. The predicted octanol–water partition coefficient (Wildman–Crippen LogP) is 3.38. The zero-order chi connectivity index (χ0) is 12.8. The van der Waals surface area contributed by atoms with Gasteiger partial charge in [-0.15, -0.1) is 0 Å². The number of rotatable bonds is 4. The Kier molecular flexibility index (Phi) is 3.97. The maximum atomic E-state index is 8.47. The van der Waals surface area contributed by atoms with Crippen molar-refractivity contribution in [2.24, 2.45) is 5.16 Å². The minimum atomic E-state index is 0.528. The van der Waals surface area contributed by atoms with Gasteiger partial charge >= 0.3 is 0 Å². The topological polar surface area (TPSA) is 41.8 Å². The highest BCUT2D eigenvalue weighted by Crippen LogP contribution is 2.14. The molecule has 0 radical (unpaired) electrons. The fourth-order valence-corrected chi connectivity index (χ4v) is 1.60. The maximum absolute atomic E-state index is 8.47. The quantitative estimate of drug-likeness (QED) is 0.506. The van der Waals surface area contributed by atoms with Gasteiger partial charge in [0, 0.05) is 0 Å². The number of nitrogens with zero attached hydrogens (tertiary/aromatic N) is 1. The monoisotopic (exact) mass is 241 g/mol. The van der Waals surface area contributed by atoms with Gasteiger partial charge in [-0.05, 0) is 30.2 Å². The summed E-state index contributed by atoms with van der Waals surface area (Å²) in [6.45, 7) is 2.59. The van der Waals surface area contributed by atoms with Crippen molar-refractivity contribution in [1.82, 2.24) is 0 Å². The van der Waals surface area contributed by atoms with Gasteiger partial charge in [0.2, 0.25) is 0 Å². The van der Waals surface area contributed by atoms with Crippen LogP contribution in [0.15, 0.2) is 53.7 Å². The van der Waals surface area contributed by atoms with E-state index in [0.717, 1.165) is 16.9 Å². The van der Waals surface area contributed by atoms with Crippen LogP contribution in [0.5, 0.6) is 5.75 Å². The molecule has 0 atom stereocenters. The third kappa shape index (κ3) is 3.35. The molecule has 0 heterocycles. The second-order valence-electron chi connectivity index (χ2n) is 4.09. The van der Waals surface area contributed by atoms with E-state index in [1.54, 1.807) is 0 Å². The van der Waals surface area contributed by atoms with E-state index in [2.05, 4.69) is 24.2 Å². The van der Waals surface area contributed by atoms with Crippen LogP contribution >= 0.6 is 0 Å². The molecule has 0 aliphatic rings. The van der Waals surface area contributed by atoms with Crippen LogP contribution < -0.4 is 4.74 Å². The highest BCUT2D eigenvalue weighted by molar-refractivity contribution is 5.79. The van der Waals surface area contributed by atoms with Crippen molar-refractivity contribution in [1.29, 1.82) is 0 Å². The number of oxime groups is 1. The molecule has 1 N–H and O–H groups in total. The van der Waals surface area contributed by atoms with Gasteiger partial charge < -0.3 is 9.94 Å². The van der Waals surface area contributed by atoms with Crippen LogP contribution in [0.3, 0.4) is 0 Å². The minimum absolute atomic E-state index is 0.528. The van der Waals surface area contributed by atoms with Gasteiger partial charge in [0.1, 0.15) is 12.4 Å². The van der Waals surface area contributed by atoms with Crippen LogP contribution in [-0.4, -0.2) is 11.4 Å². The van der Waals surface area contributed by atoms with Crippen molar-refractivity contribution in [2.75, 3.05) is 0 Å². The largest absolute Gasteiger partial charge is 0.489 e. The molecule has 18 heavy (non-hydrogen) atoms. The van der Waals surface area contributed by atoms with Gasteiger partial charge in [-0.25, -0.2) is 0 Å². The summed E-state index contributed by atoms with van der Waals surface area (Å²) in [5.74, 6) is 0.757. The molecule has 92 valence electrons. The van der Waals surface area contributed by atoms with Crippen molar-refractivity contribution in [3.05, 3.63) is 65.2 Å². The van der Waals surface area contributed by atoms with E-state index in [4.69, 9.17) is 9.94 Å². The molecule has 0 unspecified atom stereocenters. The molecule has 0 fully saturated rings. The van der Waals surface area contributed by atoms with E-state index >= 15 is 0 Å². The Morgan fingerprint density at radius 1 is 1.17 bits per heavy atom. The first-order valence-electron chi connectivity index (χ1n) is 5.74. The lowest BCUT2D eigenvalue weighted by Gasteiger charge is -2.07. The highest BCUT2D eigenvalue weighted by Gasteiger charge is 1.97. The summed E-state index contributed by atoms with van der Waals surface area (Å²) in [5, 5.41) is 11.5. The second-order valence-corrected chi connectivity index (χ2v) is 4.09. The van der Waals surface area contributed by atoms with E-state index in [0.29, 0.717) is 6.61 Å². The highest BCUT2D eigenvalue weighted by atomic mass is 16.5. The average Bonchev–Trinajstić information content (AvgIpc) is 2.39. The summed E-state index contributed by atoms with van der Waals surface area (Å²) in [7, 11) is 0. The van der Waals surface area contributed by atoms with Crippen molar-refractivity contribution < 1.29 is 9.94 Å². The van der Waals surface area contributed by atoms with Gasteiger partial charge in [0.15, 0.2) is 0 Å². The number of ether oxygens (including phenoxy) is 1.